The van der Waals surface area contributed by atoms with Crippen LogP contribution in [-0.4, -0.2) is 11.0 Å². The smallest absolute Gasteiger partial charge is 0.263 e. The molecule has 2 unspecified atom stereocenters. The fourth-order valence-corrected chi connectivity index (χ4v) is 2.50. The second-order valence-corrected chi connectivity index (χ2v) is 5.51. The van der Waals surface area contributed by atoms with E-state index in [1.165, 1.54) is 6.20 Å². The number of pyridine rings is 1. The molecule has 0 aliphatic carbocycles. The zero-order valence-corrected chi connectivity index (χ0v) is 12.9. The Bertz CT molecular complexity index is 826. The maximum absolute atomic E-state index is 12.7. The van der Waals surface area contributed by atoms with E-state index in [1.54, 1.807) is 12.2 Å². The SMILES string of the molecule is N#CC1NNNC1c1cccc(/C=C/c2cncc(C(F)(F)F)c2)c1. The van der Waals surface area contributed by atoms with Crippen molar-refractivity contribution in [1.29, 1.82) is 5.26 Å². The highest BCUT2D eigenvalue weighted by Crippen LogP contribution is 2.29. The fraction of sp³-hybridized carbons (Fsp3) is 0.176. The third-order valence-corrected chi connectivity index (χ3v) is 3.75. The van der Waals surface area contributed by atoms with Crippen LogP contribution in [0.3, 0.4) is 0 Å². The topological polar surface area (TPSA) is 72.8 Å². The van der Waals surface area contributed by atoms with Crippen LogP contribution >= 0.6 is 0 Å². The van der Waals surface area contributed by atoms with Gasteiger partial charge in [-0.15, -0.1) is 0 Å². The summed E-state index contributed by atoms with van der Waals surface area (Å²) in [5.74, 6) is 0. The van der Waals surface area contributed by atoms with Crippen molar-refractivity contribution in [1.82, 2.24) is 21.4 Å². The molecule has 1 aliphatic rings. The van der Waals surface area contributed by atoms with Gasteiger partial charge in [-0.3, -0.25) is 4.98 Å². The predicted octanol–water partition coefficient (Wildman–Crippen LogP) is 2.82. The largest absolute Gasteiger partial charge is 0.417 e. The van der Waals surface area contributed by atoms with E-state index in [9.17, 15) is 13.2 Å². The van der Waals surface area contributed by atoms with E-state index in [1.807, 2.05) is 24.3 Å². The normalized spacial score (nSPS) is 20.7. The molecule has 1 saturated heterocycles. The number of hydrazine groups is 2. The van der Waals surface area contributed by atoms with Crippen molar-refractivity contribution in [2.75, 3.05) is 0 Å². The van der Waals surface area contributed by atoms with Crippen LogP contribution in [0.2, 0.25) is 0 Å². The fourth-order valence-electron chi connectivity index (χ4n) is 2.50. The molecule has 0 spiro atoms. The predicted molar refractivity (Wildman–Crippen MR) is 86.2 cm³/mol. The van der Waals surface area contributed by atoms with Gasteiger partial charge in [-0.2, -0.15) is 24.0 Å². The van der Waals surface area contributed by atoms with Crippen LogP contribution in [0.25, 0.3) is 12.2 Å². The van der Waals surface area contributed by atoms with Gasteiger partial charge in [-0.25, -0.2) is 10.9 Å². The molecule has 1 aromatic heterocycles. The summed E-state index contributed by atoms with van der Waals surface area (Å²) in [6.45, 7) is 0. The molecule has 2 atom stereocenters. The molecule has 0 radical (unpaired) electrons. The number of rotatable bonds is 3. The van der Waals surface area contributed by atoms with Crippen molar-refractivity contribution in [2.24, 2.45) is 0 Å². The summed E-state index contributed by atoms with van der Waals surface area (Å²) in [4.78, 5) is 3.63. The highest BCUT2D eigenvalue weighted by molar-refractivity contribution is 5.69. The third-order valence-electron chi connectivity index (χ3n) is 3.75. The van der Waals surface area contributed by atoms with Crippen LogP contribution in [0.15, 0.2) is 42.7 Å². The van der Waals surface area contributed by atoms with Crippen LogP contribution in [0.5, 0.6) is 0 Å². The maximum Gasteiger partial charge on any atom is 0.417 e. The molecule has 2 aromatic rings. The lowest BCUT2D eigenvalue weighted by atomic mass is 9.99. The van der Waals surface area contributed by atoms with Crippen LogP contribution in [0.1, 0.15) is 28.3 Å². The van der Waals surface area contributed by atoms with Crippen LogP contribution in [-0.2, 0) is 6.18 Å². The van der Waals surface area contributed by atoms with Crippen molar-refractivity contribution < 1.29 is 13.2 Å². The summed E-state index contributed by atoms with van der Waals surface area (Å²) in [7, 11) is 0. The number of aromatic nitrogens is 1. The first-order valence-corrected chi connectivity index (χ1v) is 7.43. The number of nitriles is 1. The number of hydrogen-bond donors (Lipinski definition) is 3. The number of hydrogen-bond acceptors (Lipinski definition) is 5. The Labute approximate surface area is 142 Å². The van der Waals surface area contributed by atoms with Crippen molar-refractivity contribution in [3.8, 4) is 6.07 Å². The highest BCUT2D eigenvalue weighted by atomic mass is 19.4. The van der Waals surface area contributed by atoms with Crippen LogP contribution < -0.4 is 16.4 Å². The van der Waals surface area contributed by atoms with Crippen molar-refractivity contribution in [3.05, 3.63) is 65.0 Å². The molecule has 25 heavy (non-hydrogen) atoms. The van der Waals surface area contributed by atoms with Crippen LogP contribution in [0, 0.1) is 11.3 Å². The summed E-state index contributed by atoms with van der Waals surface area (Å²) >= 11 is 0. The van der Waals surface area contributed by atoms with Gasteiger partial charge in [-0.1, -0.05) is 36.4 Å². The van der Waals surface area contributed by atoms with Crippen LogP contribution in [0.4, 0.5) is 13.2 Å². The lowest BCUT2D eigenvalue weighted by Crippen LogP contribution is -2.32. The van der Waals surface area contributed by atoms with Crippen molar-refractivity contribution >= 4 is 12.2 Å². The molecule has 128 valence electrons. The van der Waals surface area contributed by atoms with Gasteiger partial charge < -0.3 is 0 Å². The maximum atomic E-state index is 12.7. The molecular formula is C17H14F3N5. The number of halogens is 3. The third kappa shape index (κ3) is 4.03. The lowest BCUT2D eigenvalue weighted by molar-refractivity contribution is -0.137. The first-order chi connectivity index (χ1) is 12.0. The number of alkyl halides is 3. The molecule has 5 nitrogen and oxygen atoms in total. The van der Waals surface area contributed by atoms with E-state index in [0.717, 1.165) is 23.4 Å². The minimum atomic E-state index is -4.42. The molecule has 1 fully saturated rings. The Kier molecular flexibility index (Phi) is 4.81. The zero-order valence-electron chi connectivity index (χ0n) is 12.9. The molecule has 8 heteroatoms. The molecule has 0 saturated carbocycles. The standard InChI is InChI=1S/C17H14F3N5/c18-17(19,20)14-7-12(9-22-10-14)5-4-11-2-1-3-13(6-11)16-15(8-21)23-25-24-16/h1-7,9-10,15-16,23-25H/b5-4+. The molecule has 1 aliphatic heterocycles. The Hall–Kier alpha value is -2.73. The average molecular weight is 345 g/mol. The first kappa shape index (κ1) is 17.1. The van der Waals surface area contributed by atoms with Gasteiger partial charge >= 0.3 is 6.18 Å². The van der Waals surface area contributed by atoms with E-state index < -0.39 is 17.8 Å². The molecule has 0 bridgehead atoms. The Morgan fingerprint density at radius 2 is 1.88 bits per heavy atom. The molecule has 3 rings (SSSR count). The minimum Gasteiger partial charge on any atom is -0.263 e. The van der Waals surface area contributed by atoms with E-state index in [-0.39, 0.29) is 6.04 Å². The molecular weight excluding hydrogens is 331 g/mol. The Morgan fingerprint density at radius 1 is 1.08 bits per heavy atom. The van der Waals surface area contributed by atoms with Gasteiger partial charge in [0.25, 0.3) is 0 Å². The molecule has 0 amide bonds. The quantitative estimate of drug-likeness (QED) is 0.798. The van der Waals surface area contributed by atoms with Gasteiger partial charge in [0.15, 0.2) is 0 Å². The van der Waals surface area contributed by atoms with Crippen molar-refractivity contribution in [2.45, 2.75) is 18.3 Å². The Balaban J connectivity index is 1.81. The average Bonchev–Trinajstić information content (AvgIpc) is 3.08. The highest BCUT2D eigenvalue weighted by Gasteiger charge is 2.31. The summed E-state index contributed by atoms with van der Waals surface area (Å²) in [5.41, 5.74) is 9.73. The van der Waals surface area contributed by atoms with E-state index >= 15 is 0 Å². The summed E-state index contributed by atoms with van der Waals surface area (Å²) in [5, 5.41) is 9.11. The van der Waals surface area contributed by atoms with E-state index in [4.69, 9.17) is 5.26 Å². The lowest BCUT2D eigenvalue weighted by Gasteiger charge is -2.12. The summed E-state index contributed by atoms with van der Waals surface area (Å²) in [6, 6.07) is 9.94. The van der Waals surface area contributed by atoms with Gasteiger partial charge in [0.05, 0.1) is 17.7 Å². The van der Waals surface area contributed by atoms with Gasteiger partial charge in [-0.05, 0) is 22.8 Å². The minimum absolute atomic E-state index is 0.228. The summed E-state index contributed by atoms with van der Waals surface area (Å²) < 4.78 is 38.2. The molecule has 3 N–H and O–H groups in total. The van der Waals surface area contributed by atoms with Gasteiger partial charge in [0.1, 0.15) is 6.04 Å². The molecule has 1 aromatic carbocycles. The van der Waals surface area contributed by atoms with Gasteiger partial charge in [0.2, 0.25) is 0 Å². The molecule has 2 heterocycles. The number of nitrogens with zero attached hydrogens (tertiary/aromatic N) is 2. The second-order valence-electron chi connectivity index (χ2n) is 5.51. The second kappa shape index (κ2) is 7.03. The monoisotopic (exact) mass is 345 g/mol. The number of benzene rings is 1. The zero-order chi connectivity index (χ0) is 17.9. The van der Waals surface area contributed by atoms with Crippen molar-refractivity contribution in [3.63, 3.8) is 0 Å². The van der Waals surface area contributed by atoms with E-state index in [2.05, 4.69) is 27.4 Å². The Morgan fingerprint density at radius 3 is 2.64 bits per heavy atom. The number of nitrogens with one attached hydrogen (secondary N) is 3. The van der Waals surface area contributed by atoms with Gasteiger partial charge in [0, 0.05) is 12.4 Å². The summed E-state index contributed by atoms with van der Waals surface area (Å²) in [6.07, 6.45) is 1.02. The first-order valence-electron chi connectivity index (χ1n) is 7.43. The van der Waals surface area contributed by atoms with E-state index in [0.29, 0.717) is 5.56 Å².